The molecule has 2 nitrogen and oxygen atoms in total. The molecule has 0 atom stereocenters. The lowest BCUT2D eigenvalue weighted by atomic mass is 10.1. The molecule has 0 rings (SSSR count). The van der Waals surface area contributed by atoms with Crippen LogP contribution in [0, 0.1) is 0 Å². The summed E-state index contributed by atoms with van der Waals surface area (Å²) in [6.45, 7) is 14.5. The maximum absolute atomic E-state index is 2.80. The smallest absolute Gasteiger partial charge is 0.106 e. The van der Waals surface area contributed by atoms with Crippen molar-refractivity contribution in [2.45, 2.75) is 169 Å². The van der Waals surface area contributed by atoms with Crippen LogP contribution >= 0.6 is 0 Å². The van der Waals surface area contributed by atoms with Gasteiger partial charge in [-0.3, -0.25) is 0 Å². The Morgan fingerprint density at radius 3 is 0.969 bits per heavy atom. The van der Waals surface area contributed by atoms with Gasteiger partial charge in [0.2, 0.25) is 0 Å². The van der Waals surface area contributed by atoms with Gasteiger partial charge in [-0.05, 0) is 25.7 Å². The Labute approximate surface area is 205 Å². The van der Waals surface area contributed by atoms with Gasteiger partial charge in [0, 0.05) is 12.8 Å². The molecule has 1 radical (unpaired) electrons. The summed E-state index contributed by atoms with van der Waals surface area (Å²) in [7, 11) is 0. The SMILES string of the molecule is CCCCCCCC[N+](CCCCCCCC)N(CCCCCCC)CCCCCCC. The van der Waals surface area contributed by atoms with Crippen LogP contribution in [0.2, 0.25) is 0 Å². The predicted octanol–water partition coefficient (Wildman–Crippen LogP) is 10.0. The van der Waals surface area contributed by atoms with E-state index in [2.05, 4.69) is 37.7 Å². The Morgan fingerprint density at radius 1 is 0.344 bits per heavy atom. The van der Waals surface area contributed by atoms with Crippen molar-refractivity contribution in [3.63, 3.8) is 0 Å². The molecule has 0 N–H and O–H groups in total. The Balaban J connectivity index is 4.62. The van der Waals surface area contributed by atoms with Gasteiger partial charge in [0.05, 0.1) is 13.1 Å². The largest absolute Gasteiger partial charge is 0.144 e. The quantitative estimate of drug-likeness (QED) is 0.0684. The van der Waals surface area contributed by atoms with Gasteiger partial charge in [0.15, 0.2) is 0 Å². The van der Waals surface area contributed by atoms with Crippen molar-refractivity contribution < 1.29 is 0 Å². The Hall–Kier alpha value is -0.0800. The van der Waals surface area contributed by atoms with E-state index in [4.69, 9.17) is 0 Å². The van der Waals surface area contributed by atoms with Crippen LogP contribution in [0.3, 0.4) is 0 Å². The summed E-state index contributed by atoms with van der Waals surface area (Å²) in [6.07, 6.45) is 30.9. The molecule has 0 aliphatic heterocycles. The van der Waals surface area contributed by atoms with Gasteiger partial charge >= 0.3 is 0 Å². The van der Waals surface area contributed by atoms with E-state index in [1.807, 2.05) is 0 Å². The van der Waals surface area contributed by atoms with Gasteiger partial charge in [-0.25, -0.2) is 0 Å². The van der Waals surface area contributed by atoms with E-state index in [-0.39, 0.29) is 0 Å². The van der Waals surface area contributed by atoms with Crippen molar-refractivity contribution in [3.05, 3.63) is 0 Å². The van der Waals surface area contributed by atoms with E-state index in [9.17, 15) is 0 Å². The molecule has 0 aliphatic rings. The molecule has 0 aromatic rings. The van der Waals surface area contributed by atoms with E-state index >= 15 is 0 Å². The molecule has 0 bridgehead atoms. The van der Waals surface area contributed by atoms with Gasteiger partial charge in [-0.1, -0.05) is 135 Å². The number of hydrogen-bond acceptors (Lipinski definition) is 2. The molecule has 2 heteroatoms. The first-order valence-corrected chi connectivity index (χ1v) is 15.3. The van der Waals surface area contributed by atoms with Gasteiger partial charge in [0.25, 0.3) is 0 Å². The van der Waals surface area contributed by atoms with Crippen LogP contribution in [0.25, 0.3) is 0 Å². The van der Waals surface area contributed by atoms with Crippen molar-refractivity contribution in [2.75, 3.05) is 26.2 Å². The van der Waals surface area contributed by atoms with Gasteiger partial charge in [-0.15, -0.1) is 5.01 Å². The minimum atomic E-state index is 1.29. The van der Waals surface area contributed by atoms with Crippen molar-refractivity contribution >= 4 is 0 Å². The topological polar surface area (TPSA) is 9.14 Å². The van der Waals surface area contributed by atoms with E-state index in [0.717, 1.165) is 0 Å². The van der Waals surface area contributed by atoms with Crippen molar-refractivity contribution in [1.29, 1.82) is 0 Å². The lowest BCUT2D eigenvalue weighted by Crippen LogP contribution is -2.49. The van der Waals surface area contributed by atoms with Crippen molar-refractivity contribution in [2.24, 2.45) is 0 Å². The number of nitrogens with zero attached hydrogens (tertiary/aromatic N) is 2. The molecule has 32 heavy (non-hydrogen) atoms. The van der Waals surface area contributed by atoms with Gasteiger partial charge < -0.3 is 0 Å². The predicted molar refractivity (Wildman–Crippen MR) is 148 cm³/mol. The van der Waals surface area contributed by atoms with Gasteiger partial charge in [-0.2, -0.15) is 0 Å². The first-order chi connectivity index (χ1) is 15.8. The second kappa shape index (κ2) is 27.2. The molecule has 0 aromatic heterocycles. The van der Waals surface area contributed by atoms with E-state index < -0.39 is 0 Å². The zero-order valence-corrected chi connectivity index (χ0v) is 23.3. The summed E-state index contributed by atoms with van der Waals surface area (Å²) in [5.74, 6) is 0. The van der Waals surface area contributed by atoms with Gasteiger partial charge in [0.1, 0.15) is 13.1 Å². The fourth-order valence-corrected chi connectivity index (χ4v) is 4.73. The second-order valence-electron chi connectivity index (χ2n) is 10.3. The number of hydrogen-bond donors (Lipinski definition) is 0. The Bertz CT molecular complexity index is 301. The monoisotopic (exact) mass is 453 g/mol. The molecule has 0 saturated heterocycles. The highest BCUT2D eigenvalue weighted by atomic mass is 15.6. The molecule has 193 valence electrons. The molecule has 0 aliphatic carbocycles. The summed E-state index contributed by atoms with van der Waals surface area (Å²) >= 11 is 0. The minimum Gasteiger partial charge on any atom is -0.106 e. The van der Waals surface area contributed by atoms with E-state index in [0.29, 0.717) is 0 Å². The zero-order chi connectivity index (χ0) is 23.5. The first-order valence-electron chi connectivity index (χ1n) is 15.3. The Morgan fingerprint density at radius 2 is 0.625 bits per heavy atom. The summed E-state index contributed by atoms with van der Waals surface area (Å²) in [4.78, 5) is 0. The molecule has 0 spiro atoms. The third-order valence-electron chi connectivity index (χ3n) is 6.98. The standard InChI is InChI=1S/C30H64N2/c1-5-9-13-17-21-25-29-32(30-26-22-18-14-10-6-2)31(27-23-19-15-11-7-3)28-24-20-16-12-8-4/h5-30H2,1-4H3/q+1. The van der Waals surface area contributed by atoms with Crippen LogP contribution in [0.5, 0.6) is 0 Å². The zero-order valence-electron chi connectivity index (χ0n) is 23.3. The van der Waals surface area contributed by atoms with Crippen LogP contribution in [-0.4, -0.2) is 31.2 Å². The average Bonchev–Trinajstić information content (AvgIpc) is 2.80. The highest BCUT2D eigenvalue weighted by Gasteiger charge is 2.24. The highest BCUT2D eigenvalue weighted by molar-refractivity contribution is 4.66. The maximum atomic E-state index is 2.80. The third kappa shape index (κ3) is 21.7. The average molecular weight is 453 g/mol. The fourth-order valence-electron chi connectivity index (χ4n) is 4.73. The molecular weight excluding hydrogens is 388 g/mol. The van der Waals surface area contributed by atoms with E-state index in [1.54, 1.807) is 0 Å². The molecule has 0 amide bonds. The molecule has 0 saturated carbocycles. The number of hydrazine groups is 1. The van der Waals surface area contributed by atoms with Crippen LogP contribution in [0.1, 0.15) is 169 Å². The highest BCUT2D eigenvalue weighted by Crippen LogP contribution is 2.13. The Kier molecular flexibility index (Phi) is 27.1. The summed E-state index contributed by atoms with van der Waals surface area (Å²) < 4.78 is 0. The molecular formula is C30H64N2+. The summed E-state index contributed by atoms with van der Waals surface area (Å²) in [5.41, 5.74) is 0. The van der Waals surface area contributed by atoms with Crippen LogP contribution < -0.4 is 5.01 Å². The van der Waals surface area contributed by atoms with Crippen molar-refractivity contribution in [3.8, 4) is 0 Å². The molecule has 0 unspecified atom stereocenters. The molecule has 0 fully saturated rings. The minimum absolute atomic E-state index is 1.29. The maximum Gasteiger partial charge on any atom is 0.144 e. The lowest BCUT2D eigenvalue weighted by molar-refractivity contribution is 0.0582. The van der Waals surface area contributed by atoms with E-state index in [1.165, 1.54) is 167 Å². The normalized spacial score (nSPS) is 11.8. The number of rotatable bonds is 27. The summed E-state index contributed by atoms with van der Waals surface area (Å²) in [6, 6.07) is 0. The van der Waals surface area contributed by atoms with Crippen LogP contribution in [-0.2, 0) is 0 Å². The van der Waals surface area contributed by atoms with Crippen LogP contribution in [0.15, 0.2) is 0 Å². The second-order valence-corrected chi connectivity index (χ2v) is 10.3. The number of unbranched alkanes of at least 4 members (excludes halogenated alkanes) is 18. The fraction of sp³-hybridized carbons (Fsp3) is 1.00. The lowest BCUT2D eigenvalue weighted by Gasteiger charge is -2.25. The molecule has 0 heterocycles. The van der Waals surface area contributed by atoms with Crippen LogP contribution in [0.4, 0.5) is 0 Å². The molecule has 0 aromatic carbocycles. The van der Waals surface area contributed by atoms with Crippen molar-refractivity contribution in [1.82, 2.24) is 10.0 Å². The first kappa shape index (κ1) is 31.9. The third-order valence-corrected chi connectivity index (χ3v) is 6.98. The summed E-state index contributed by atoms with van der Waals surface area (Å²) in [5, 5.41) is 5.61.